The molecule has 1 amide bonds. The van der Waals surface area contributed by atoms with Crippen LogP contribution in [0, 0.1) is 5.82 Å². The molecule has 1 aromatic heterocycles. The fourth-order valence-corrected chi connectivity index (χ4v) is 3.31. The molecular formula is C20H23F4N5O. The van der Waals surface area contributed by atoms with E-state index in [-0.39, 0.29) is 29.8 Å². The third-order valence-electron chi connectivity index (χ3n) is 4.93. The van der Waals surface area contributed by atoms with Gasteiger partial charge in [-0.05, 0) is 49.9 Å². The number of anilines is 2. The first-order chi connectivity index (χ1) is 14.1. The first-order valence-electron chi connectivity index (χ1n) is 9.58. The van der Waals surface area contributed by atoms with Crippen molar-refractivity contribution >= 4 is 17.7 Å². The number of halogens is 4. The Bertz CT molecular complexity index is 878. The SMILES string of the molecule is CN(C)c1nc(NC2CCC(NC(=O)c3ccc(F)cc3)CC2)cc(C(F)(F)F)n1. The van der Waals surface area contributed by atoms with Gasteiger partial charge in [-0.2, -0.15) is 18.2 Å². The van der Waals surface area contributed by atoms with Crippen LogP contribution in [0.25, 0.3) is 0 Å². The summed E-state index contributed by atoms with van der Waals surface area (Å²) in [6, 6.07) is 6.11. The third kappa shape index (κ3) is 5.58. The number of amides is 1. The average Bonchev–Trinajstić information content (AvgIpc) is 2.69. The largest absolute Gasteiger partial charge is 0.433 e. The second-order valence-electron chi connectivity index (χ2n) is 7.50. The number of aromatic nitrogens is 2. The van der Waals surface area contributed by atoms with E-state index in [0.29, 0.717) is 31.2 Å². The van der Waals surface area contributed by atoms with Crippen molar-refractivity contribution in [2.75, 3.05) is 24.3 Å². The quantitative estimate of drug-likeness (QED) is 0.712. The van der Waals surface area contributed by atoms with Crippen molar-refractivity contribution in [1.82, 2.24) is 15.3 Å². The maximum atomic E-state index is 13.1. The predicted octanol–water partition coefficient (Wildman–Crippen LogP) is 3.85. The summed E-state index contributed by atoms with van der Waals surface area (Å²) in [7, 11) is 3.16. The minimum atomic E-state index is -4.56. The highest BCUT2D eigenvalue weighted by Gasteiger charge is 2.34. The molecule has 1 aliphatic rings. The van der Waals surface area contributed by atoms with Crippen LogP contribution in [0.2, 0.25) is 0 Å². The zero-order valence-electron chi connectivity index (χ0n) is 16.6. The predicted molar refractivity (Wildman–Crippen MR) is 105 cm³/mol. The van der Waals surface area contributed by atoms with E-state index in [1.165, 1.54) is 29.2 Å². The maximum Gasteiger partial charge on any atom is 0.433 e. The molecule has 162 valence electrons. The summed E-state index contributed by atoms with van der Waals surface area (Å²) in [5.74, 6) is -0.575. The highest BCUT2D eigenvalue weighted by molar-refractivity contribution is 5.94. The summed E-state index contributed by atoms with van der Waals surface area (Å²) in [5.41, 5.74) is -0.613. The molecule has 1 aliphatic carbocycles. The normalized spacial score (nSPS) is 19.3. The summed E-state index contributed by atoms with van der Waals surface area (Å²) < 4.78 is 52.4. The lowest BCUT2D eigenvalue weighted by Crippen LogP contribution is -2.40. The van der Waals surface area contributed by atoms with Crippen molar-refractivity contribution in [3.05, 3.63) is 47.4 Å². The second-order valence-corrected chi connectivity index (χ2v) is 7.50. The van der Waals surface area contributed by atoms with E-state index in [1.807, 2.05) is 0 Å². The highest BCUT2D eigenvalue weighted by Crippen LogP contribution is 2.31. The van der Waals surface area contributed by atoms with Gasteiger partial charge < -0.3 is 15.5 Å². The van der Waals surface area contributed by atoms with Gasteiger partial charge in [0.2, 0.25) is 5.95 Å². The molecule has 30 heavy (non-hydrogen) atoms. The number of hydrogen-bond acceptors (Lipinski definition) is 5. The molecule has 3 rings (SSSR count). The molecule has 1 aromatic carbocycles. The van der Waals surface area contributed by atoms with Gasteiger partial charge in [-0.1, -0.05) is 0 Å². The molecule has 0 atom stereocenters. The second kappa shape index (κ2) is 8.85. The molecule has 0 aliphatic heterocycles. The lowest BCUT2D eigenvalue weighted by Gasteiger charge is -2.30. The molecule has 10 heteroatoms. The number of carbonyl (C=O) groups excluding carboxylic acids is 1. The van der Waals surface area contributed by atoms with Gasteiger partial charge in [-0.25, -0.2) is 9.37 Å². The molecule has 2 aromatic rings. The number of benzene rings is 1. The smallest absolute Gasteiger partial charge is 0.367 e. The maximum absolute atomic E-state index is 13.1. The summed E-state index contributed by atoms with van der Waals surface area (Å²) in [6.45, 7) is 0. The number of nitrogens with zero attached hydrogens (tertiary/aromatic N) is 3. The lowest BCUT2D eigenvalue weighted by atomic mass is 9.91. The molecule has 1 saturated carbocycles. The van der Waals surface area contributed by atoms with Gasteiger partial charge in [0.15, 0.2) is 5.69 Å². The molecule has 1 heterocycles. The molecule has 0 radical (unpaired) electrons. The number of alkyl halides is 3. The molecule has 0 saturated heterocycles. The van der Waals surface area contributed by atoms with E-state index < -0.39 is 17.7 Å². The van der Waals surface area contributed by atoms with Crippen LogP contribution in [0.15, 0.2) is 30.3 Å². The van der Waals surface area contributed by atoms with Crippen LogP contribution in [0.1, 0.15) is 41.7 Å². The van der Waals surface area contributed by atoms with Gasteiger partial charge in [0.25, 0.3) is 5.91 Å². The van der Waals surface area contributed by atoms with Crippen molar-refractivity contribution in [3.8, 4) is 0 Å². The molecule has 0 unspecified atom stereocenters. The fraction of sp³-hybridized carbons (Fsp3) is 0.450. The van der Waals surface area contributed by atoms with Gasteiger partial charge >= 0.3 is 6.18 Å². The van der Waals surface area contributed by atoms with Crippen LogP contribution in [-0.2, 0) is 6.18 Å². The van der Waals surface area contributed by atoms with Crippen molar-refractivity contribution in [2.24, 2.45) is 0 Å². The zero-order valence-corrected chi connectivity index (χ0v) is 16.6. The minimum absolute atomic E-state index is 0.0208. The number of nitrogens with one attached hydrogen (secondary N) is 2. The van der Waals surface area contributed by atoms with Gasteiger partial charge in [-0.3, -0.25) is 4.79 Å². The monoisotopic (exact) mass is 425 g/mol. The van der Waals surface area contributed by atoms with Crippen LogP contribution in [0.4, 0.5) is 29.3 Å². The number of carbonyl (C=O) groups is 1. The van der Waals surface area contributed by atoms with Crippen LogP contribution >= 0.6 is 0 Å². The van der Waals surface area contributed by atoms with Crippen molar-refractivity contribution in [1.29, 1.82) is 0 Å². The molecule has 0 spiro atoms. The first-order valence-corrected chi connectivity index (χ1v) is 9.58. The average molecular weight is 425 g/mol. The third-order valence-corrected chi connectivity index (χ3v) is 4.93. The number of hydrogen-bond donors (Lipinski definition) is 2. The van der Waals surface area contributed by atoms with Gasteiger partial charge in [0, 0.05) is 37.8 Å². The molecule has 0 bridgehead atoms. The number of rotatable bonds is 5. The van der Waals surface area contributed by atoms with E-state index >= 15 is 0 Å². The summed E-state index contributed by atoms with van der Waals surface area (Å²) in [5, 5.41) is 5.99. The van der Waals surface area contributed by atoms with Crippen LogP contribution in [0.5, 0.6) is 0 Å². The standard InChI is InChI=1S/C20H23F4N5O/c1-29(2)19-27-16(20(22,23)24)11-17(28-19)25-14-7-9-15(10-8-14)26-18(30)12-3-5-13(21)6-4-12/h3-6,11,14-15H,7-10H2,1-2H3,(H,26,30)(H,25,27,28). The van der Waals surface area contributed by atoms with Crippen molar-refractivity contribution in [2.45, 2.75) is 43.9 Å². The van der Waals surface area contributed by atoms with E-state index in [9.17, 15) is 22.4 Å². The van der Waals surface area contributed by atoms with Crippen LogP contribution < -0.4 is 15.5 Å². The van der Waals surface area contributed by atoms with Crippen LogP contribution in [-0.4, -0.2) is 42.1 Å². The summed E-state index contributed by atoms with van der Waals surface area (Å²) in [4.78, 5) is 21.4. The topological polar surface area (TPSA) is 70.2 Å². The van der Waals surface area contributed by atoms with Crippen LogP contribution in [0.3, 0.4) is 0 Å². The Labute approximate surface area is 171 Å². The zero-order chi connectivity index (χ0) is 21.9. The Morgan fingerprint density at radius 2 is 1.63 bits per heavy atom. The summed E-state index contributed by atoms with van der Waals surface area (Å²) in [6.07, 6.45) is -1.90. The Hall–Kier alpha value is -2.91. The van der Waals surface area contributed by atoms with Crippen molar-refractivity contribution < 1.29 is 22.4 Å². The molecule has 2 N–H and O–H groups in total. The van der Waals surface area contributed by atoms with Gasteiger partial charge in [-0.15, -0.1) is 0 Å². The highest BCUT2D eigenvalue weighted by atomic mass is 19.4. The Balaban J connectivity index is 1.58. The van der Waals surface area contributed by atoms with E-state index in [4.69, 9.17) is 0 Å². The Kier molecular flexibility index (Phi) is 6.42. The van der Waals surface area contributed by atoms with E-state index in [0.717, 1.165) is 6.07 Å². The lowest BCUT2D eigenvalue weighted by molar-refractivity contribution is -0.141. The minimum Gasteiger partial charge on any atom is -0.367 e. The first kappa shape index (κ1) is 21.8. The molecule has 6 nitrogen and oxygen atoms in total. The molecule has 1 fully saturated rings. The van der Waals surface area contributed by atoms with Gasteiger partial charge in [0.05, 0.1) is 0 Å². The van der Waals surface area contributed by atoms with Gasteiger partial charge in [0.1, 0.15) is 11.6 Å². The van der Waals surface area contributed by atoms with Crippen molar-refractivity contribution in [3.63, 3.8) is 0 Å². The van der Waals surface area contributed by atoms with E-state index in [1.54, 1.807) is 14.1 Å². The fourth-order valence-electron chi connectivity index (χ4n) is 3.31. The Morgan fingerprint density at radius 3 is 2.20 bits per heavy atom. The molecular weight excluding hydrogens is 402 g/mol. The van der Waals surface area contributed by atoms with E-state index in [2.05, 4.69) is 20.6 Å². The summed E-state index contributed by atoms with van der Waals surface area (Å²) >= 11 is 0. The Morgan fingerprint density at radius 1 is 1.03 bits per heavy atom.